The normalized spacial score (nSPS) is 16.2. The second-order valence-electron chi connectivity index (χ2n) is 4.68. The number of nitrogens with zero attached hydrogens (tertiary/aromatic N) is 2. The van der Waals surface area contributed by atoms with E-state index in [1.807, 2.05) is 0 Å². The molecule has 1 aliphatic heterocycles. The summed E-state index contributed by atoms with van der Waals surface area (Å²) >= 11 is 6.27. The average molecular weight is 352 g/mol. The number of amides is 1. The minimum atomic E-state index is -0.920. The third kappa shape index (κ3) is 4.36. The van der Waals surface area contributed by atoms with Gasteiger partial charge in [0.1, 0.15) is 4.32 Å². The summed E-state index contributed by atoms with van der Waals surface area (Å²) in [6.07, 6.45) is 1.91. The first kappa shape index (κ1) is 17.1. The minimum Gasteiger partial charge on any atom is -0.481 e. The van der Waals surface area contributed by atoms with Crippen LogP contribution < -0.4 is 0 Å². The average Bonchev–Trinajstić information content (AvgIpc) is 2.75. The van der Waals surface area contributed by atoms with Crippen molar-refractivity contribution in [1.29, 1.82) is 0 Å². The molecule has 1 fully saturated rings. The Morgan fingerprint density at radius 3 is 2.61 bits per heavy atom. The predicted octanol–water partition coefficient (Wildman–Crippen LogP) is 2.66. The Kier molecular flexibility index (Phi) is 5.45. The van der Waals surface area contributed by atoms with Gasteiger partial charge in [-0.1, -0.05) is 24.0 Å². The fraction of sp³-hybridized carbons (Fsp3) is 0.214. The van der Waals surface area contributed by atoms with Crippen LogP contribution in [0.15, 0.2) is 29.2 Å². The standard InChI is InChI=1S/C14H12N2O5S2/c17-12(18)2-1-7-15-13(19)11(23-14(15)22)8-9-3-5-10(6-4-9)16(20)21/h3-6,8H,1-2,7H2,(H,17,18). The smallest absolute Gasteiger partial charge is 0.303 e. The zero-order valence-electron chi connectivity index (χ0n) is 11.8. The maximum absolute atomic E-state index is 12.3. The van der Waals surface area contributed by atoms with Crippen molar-refractivity contribution < 1.29 is 19.6 Å². The Balaban J connectivity index is 2.08. The Hall–Kier alpha value is -2.26. The highest BCUT2D eigenvalue weighted by Crippen LogP contribution is 2.32. The molecule has 120 valence electrons. The van der Waals surface area contributed by atoms with Gasteiger partial charge in [-0.15, -0.1) is 0 Å². The zero-order valence-corrected chi connectivity index (χ0v) is 13.4. The molecule has 0 bridgehead atoms. The molecule has 0 atom stereocenters. The van der Waals surface area contributed by atoms with E-state index >= 15 is 0 Å². The summed E-state index contributed by atoms with van der Waals surface area (Å²) < 4.78 is 0.383. The summed E-state index contributed by atoms with van der Waals surface area (Å²) in [5, 5.41) is 19.2. The van der Waals surface area contributed by atoms with Crippen molar-refractivity contribution in [2.45, 2.75) is 12.8 Å². The topological polar surface area (TPSA) is 101 Å². The van der Waals surface area contributed by atoms with Crippen LogP contribution in [0.25, 0.3) is 6.08 Å². The summed E-state index contributed by atoms with van der Waals surface area (Å²) in [4.78, 5) is 34.7. The minimum absolute atomic E-state index is 0.0247. The van der Waals surface area contributed by atoms with Crippen molar-refractivity contribution in [2.24, 2.45) is 0 Å². The number of non-ortho nitro benzene ring substituents is 1. The van der Waals surface area contributed by atoms with Gasteiger partial charge in [-0.25, -0.2) is 0 Å². The lowest BCUT2D eigenvalue weighted by molar-refractivity contribution is -0.384. The molecule has 0 aliphatic carbocycles. The third-order valence-corrected chi connectivity index (χ3v) is 4.43. The number of carbonyl (C=O) groups excluding carboxylic acids is 1. The fourth-order valence-electron chi connectivity index (χ4n) is 1.92. The van der Waals surface area contributed by atoms with Crippen LogP contribution in [0.1, 0.15) is 18.4 Å². The zero-order chi connectivity index (χ0) is 17.0. The molecule has 2 rings (SSSR count). The Morgan fingerprint density at radius 2 is 2.04 bits per heavy atom. The van der Waals surface area contributed by atoms with Crippen molar-refractivity contribution in [2.75, 3.05) is 6.54 Å². The van der Waals surface area contributed by atoms with Gasteiger partial charge in [-0.3, -0.25) is 24.6 Å². The summed E-state index contributed by atoms with van der Waals surface area (Å²) in [5.74, 6) is -1.19. The van der Waals surface area contributed by atoms with Crippen LogP contribution in [0.4, 0.5) is 5.69 Å². The van der Waals surface area contributed by atoms with Gasteiger partial charge in [-0.05, 0) is 30.2 Å². The Morgan fingerprint density at radius 1 is 1.39 bits per heavy atom. The van der Waals surface area contributed by atoms with Gasteiger partial charge in [0.05, 0.1) is 9.83 Å². The largest absolute Gasteiger partial charge is 0.481 e. The SMILES string of the molecule is O=C(O)CCCN1C(=O)C(=Cc2ccc([N+](=O)[O-])cc2)SC1=S. The number of thiocarbonyl (C=S) groups is 1. The summed E-state index contributed by atoms with van der Waals surface area (Å²) in [5.41, 5.74) is 0.630. The van der Waals surface area contributed by atoms with Gasteiger partial charge in [0.2, 0.25) is 0 Å². The highest BCUT2D eigenvalue weighted by atomic mass is 32.2. The van der Waals surface area contributed by atoms with Crippen LogP contribution >= 0.6 is 24.0 Å². The predicted molar refractivity (Wildman–Crippen MR) is 89.8 cm³/mol. The van der Waals surface area contributed by atoms with Crippen molar-refractivity contribution in [3.63, 3.8) is 0 Å². The molecule has 1 aliphatic rings. The van der Waals surface area contributed by atoms with Crippen molar-refractivity contribution in [3.8, 4) is 0 Å². The van der Waals surface area contributed by atoms with Crippen LogP contribution in [0.3, 0.4) is 0 Å². The molecule has 0 unspecified atom stereocenters. The number of carboxylic acid groups (broad SMARTS) is 1. The molecule has 1 heterocycles. The number of nitro benzene ring substituents is 1. The highest BCUT2D eigenvalue weighted by Gasteiger charge is 2.31. The number of aliphatic carboxylic acids is 1. The van der Waals surface area contributed by atoms with E-state index in [0.29, 0.717) is 21.2 Å². The van der Waals surface area contributed by atoms with Crippen LogP contribution in [0, 0.1) is 10.1 Å². The number of benzene rings is 1. The molecule has 1 amide bonds. The first-order valence-corrected chi connectivity index (χ1v) is 7.82. The summed E-state index contributed by atoms with van der Waals surface area (Å²) in [7, 11) is 0. The Labute approximate surface area is 141 Å². The van der Waals surface area contributed by atoms with E-state index < -0.39 is 10.9 Å². The molecule has 1 N–H and O–H groups in total. The molecule has 9 heteroatoms. The van der Waals surface area contributed by atoms with Gasteiger partial charge < -0.3 is 5.11 Å². The second kappa shape index (κ2) is 7.34. The van der Waals surface area contributed by atoms with Crippen molar-refractivity contribution in [3.05, 3.63) is 44.8 Å². The second-order valence-corrected chi connectivity index (χ2v) is 6.36. The quantitative estimate of drug-likeness (QED) is 0.363. The lowest BCUT2D eigenvalue weighted by Gasteiger charge is -2.13. The molecule has 0 spiro atoms. The van der Waals surface area contributed by atoms with Crippen LogP contribution in [0.2, 0.25) is 0 Å². The van der Waals surface area contributed by atoms with Gasteiger partial charge in [0, 0.05) is 25.1 Å². The number of thioether (sulfide) groups is 1. The van der Waals surface area contributed by atoms with Crippen molar-refractivity contribution in [1.82, 2.24) is 4.90 Å². The van der Waals surface area contributed by atoms with E-state index in [0.717, 1.165) is 11.8 Å². The van der Waals surface area contributed by atoms with E-state index in [1.54, 1.807) is 18.2 Å². The number of carbonyl (C=O) groups is 2. The maximum atomic E-state index is 12.3. The lowest BCUT2D eigenvalue weighted by atomic mass is 10.2. The number of hydrogen-bond donors (Lipinski definition) is 1. The molecule has 23 heavy (non-hydrogen) atoms. The van der Waals surface area contributed by atoms with Crippen LogP contribution in [0.5, 0.6) is 0 Å². The Bertz CT molecular complexity index is 700. The van der Waals surface area contributed by atoms with Gasteiger partial charge >= 0.3 is 5.97 Å². The third-order valence-electron chi connectivity index (χ3n) is 3.05. The summed E-state index contributed by atoms with van der Waals surface area (Å²) in [6.45, 7) is 0.259. The van der Waals surface area contributed by atoms with Gasteiger partial charge in [0.15, 0.2) is 0 Å². The van der Waals surface area contributed by atoms with E-state index in [-0.39, 0.29) is 24.6 Å². The van der Waals surface area contributed by atoms with E-state index in [9.17, 15) is 19.7 Å². The number of hydrogen-bond acceptors (Lipinski definition) is 6. The molecular formula is C14H12N2O5S2. The molecule has 0 radical (unpaired) electrons. The van der Waals surface area contributed by atoms with E-state index in [1.165, 1.54) is 17.0 Å². The highest BCUT2D eigenvalue weighted by molar-refractivity contribution is 8.26. The van der Waals surface area contributed by atoms with Crippen LogP contribution in [-0.2, 0) is 9.59 Å². The molecule has 1 aromatic rings. The fourth-order valence-corrected chi connectivity index (χ4v) is 3.23. The molecule has 7 nitrogen and oxygen atoms in total. The maximum Gasteiger partial charge on any atom is 0.303 e. The number of carboxylic acids is 1. The van der Waals surface area contributed by atoms with E-state index in [2.05, 4.69) is 0 Å². The van der Waals surface area contributed by atoms with Crippen LogP contribution in [-0.4, -0.2) is 37.7 Å². The molecular weight excluding hydrogens is 340 g/mol. The number of nitro groups is 1. The molecule has 1 saturated heterocycles. The molecule has 0 aromatic heterocycles. The number of rotatable bonds is 6. The molecule has 0 saturated carbocycles. The van der Waals surface area contributed by atoms with E-state index in [4.69, 9.17) is 17.3 Å². The van der Waals surface area contributed by atoms with Crippen molar-refractivity contribution >= 4 is 51.9 Å². The van der Waals surface area contributed by atoms with Gasteiger partial charge in [-0.2, -0.15) is 0 Å². The monoisotopic (exact) mass is 352 g/mol. The first-order valence-electron chi connectivity index (χ1n) is 6.60. The van der Waals surface area contributed by atoms with Gasteiger partial charge in [0.25, 0.3) is 11.6 Å². The first-order chi connectivity index (χ1) is 10.9. The summed E-state index contributed by atoms with van der Waals surface area (Å²) in [6, 6.07) is 5.82. The lowest BCUT2D eigenvalue weighted by Crippen LogP contribution is -2.29. The molecule has 1 aromatic carbocycles.